The molecule has 0 heterocycles. The first-order valence-electron chi connectivity index (χ1n) is 6.06. The van der Waals surface area contributed by atoms with Crippen LogP contribution in [0.4, 0.5) is 0 Å². The van der Waals surface area contributed by atoms with E-state index in [2.05, 4.69) is 6.07 Å². The Balaban J connectivity index is 0.00000133. The van der Waals surface area contributed by atoms with Crippen molar-refractivity contribution in [2.24, 2.45) is 0 Å². The molecule has 3 rings (SSSR count). The fourth-order valence-corrected chi connectivity index (χ4v) is 3.23. The van der Waals surface area contributed by atoms with Crippen LogP contribution < -0.4 is 29.6 Å². The molecule has 0 unspecified atom stereocenters. The molecule has 0 radical (unpaired) electrons. The van der Waals surface area contributed by atoms with Gasteiger partial charge in [0.2, 0.25) is 0 Å². The van der Waals surface area contributed by atoms with Gasteiger partial charge in [-0.3, -0.25) is 0 Å². The van der Waals surface area contributed by atoms with E-state index in [1.54, 1.807) is 6.07 Å². The van der Waals surface area contributed by atoms with Crippen LogP contribution in [0.1, 0.15) is 24.0 Å². The zero-order chi connectivity index (χ0) is 12.8. The van der Waals surface area contributed by atoms with E-state index in [0.717, 1.165) is 23.6 Å². The molecule has 0 saturated heterocycles. The summed E-state index contributed by atoms with van der Waals surface area (Å²) >= 11 is 0. The zero-order valence-electron chi connectivity index (χ0n) is 10.8. The van der Waals surface area contributed by atoms with Crippen molar-refractivity contribution in [3.05, 3.63) is 41.5 Å². The SMILES string of the molecule is O=S(=O)([O-])c1ccc2c3c(ccc2c1)CCCC3.[Na+]. The van der Waals surface area contributed by atoms with Gasteiger partial charge in [-0.05, 0) is 59.7 Å². The fraction of sp³-hybridized carbons (Fsp3) is 0.286. The Morgan fingerprint density at radius 2 is 1.74 bits per heavy atom. The van der Waals surface area contributed by atoms with Crippen LogP contribution in [-0.2, 0) is 23.0 Å². The van der Waals surface area contributed by atoms with Crippen LogP contribution in [0.15, 0.2) is 35.2 Å². The first kappa shape index (κ1) is 15.0. The summed E-state index contributed by atoms with van der Waals surface area (Å²) in [5, 5.41) is 1.92. The van der Waals surface area contributed by atoms with E-state index in [1.807, 2.05) is 6.07 Å². The van der Waals surface area contributed by atoms with E-state index in [9.17, 15) is 13.0 Å². The molecular formula is C14H13NaO3S. The van der Waals surface area contributed by atoms with Crippen molar-refractivity contribution in [1.82, 2.24) is 0 Å². The second kappa shape index (κ2) is 5.54. The van der Waals surface area contributed by atoms with Gasteiger partial charge in [-0.25, -0.2) is 8.42 Å². The molecule has 3 nitrogen and oxygen atoms in total. The maximum atomic E-state index is 11.0. The number of fused-ring (bicyclic) bond motifs is 3. The summed E-state index contributed by atoms with van der Waals surface area (Å²) in [6, 6.07) is 8.63. The first-order valence-corrected chi connectivity index (χ1v) is 7.47. The Kier molecular flexibility index (Phi) is 4.38. The Morgan fingerprint density at radius 3 is 2.47 bits per heavy atom. The summed E-state index contributed by atoms with van der Waals surface area (Å²) in [5.41, 5.74) is 2.67. The first-order chi connectivity index (χ1) is 8.55. The monoisotopic (exact) mass is 284 g/mol. The predicted molar refractivity (Wildman–Crippen MR) is 68.6 cm³/mol. The topological polar surface area (TPSA) is 57.2 Å². The van der Waals surface area contributed by atoms with Crippen molar-refractivity contribution in [2.45, 2.75) is 30.6 Å². The minimum Gasteiger partial charge on any atom is -0.744 e. The van der Waals surface area contributed by atoms with Gasteiger partial charge in [0.15, 0.2) is 0 Å². The maximum absolute atomic E-state index is 11.0. The van der Waals surface area contributed by atoms with Gasteiger partial charge in [0.25, 0.3) is 0 Å². The Bertz CT molecular complexity index is 723. The molecule has 0 saturated carbocycles. The van der Waals surface area contributed by atoms with Gasteiger partial charge >= 0.3 is 29.6 Å². The molecule has 1 aliphatic rings. The number of aryl methyl sites for hydroxylation is 2. The van der Waals surface area contributed by atoms with Gasteiger partial charge in [0, 0.05) is 0 Å². The van der Waals surface area contributed by atoms with Crippen LogP contribution in [0.25, 0.3) is 10.8 Å². The van der Waals surface area contributed by atoms with Gasteiger partial charge < -0.3 is 4.55 Å². The molecule has 0 fully saturated rings. The van der Waals surface area contributed by atoms with Crippen molar-refractivity contribution in [2.75, 3.05) is 0 Å². The molecule has 0 spiro atoms. The second-order valence-electron chi connectivity index (χ2n) is 4.75. The average Bonchev–Trinajstić information content (AvgIpc) is 2.37. The molecule has 19 heavy (non-hydrogen) atoms. The summed E-state index contributed by atoms with van der Waals surface area (Å²) in [7, 11) is -4.37. The molecule has 5 heteroatoms. The number of benzene rings is 2. The summed E-state index contributed by atoms with van der Waals surface area (Å²) < 4.78 is 33.0. The summed E-state index contributed by atoms with van der Waals surface area (Å²) in [4.78, 5) is -0.147. The minimum atomic E-state index is -4.37. The molecular weight excluding hydrogens is 271 g/mol. The van der Waals surface area contributed by atoms with E-state index < -0.39 is 10.1 Å². The molecule has 0 N–H and O–H groups in total. The molecule has 0 atom stereocenters. The average molecular weight is 284 g/mol. The Hall–Kier alpha value is -0.390. The van der Waals surface area contributed by atoms with Crippen molar-refractivity contribution >= 4 is 20.9 Å². The summed E-state index contributed by atoms with van der Waals surface area (Å²) in [5.74, 6) is 0. The van der Waals surface area contributed by atoms with Crippen molar-refractivity contribution in [1.29, 1.82) is 0 Å². The second-order valence-corrected chi connectivity index (χ2v) is 6.13. The van der Waals surface area contributed by atoms with Crippen LogP contribution in [0.2, 0.25) is 0 Å². The molecule has 2 aromatic carbocycles. The molecule has 0 amide bonds. The number of rotatable bonds is 1. The van der Waals surface area contributed by atoms with Crippen LogP contribution in [0.3, 0.4) is 0 Å². The van der Waals surface area contributed by atoms with Crippen LogP contribution in [0.5, 0.6) is 0 Å². The molecule has 0 bridgehead atoms. The maximum Gasteiger partial charge on any atom is 1.00 e. The van der Waals surface area contributed by atoms with Crippen molar-refractivity contribution in [3.63, 3.8) is 0 Å². The summed E-state index contributed by atoms with van der Waals surface area (Å²) in [6.07, 6.45) is 4.52. The zero-order valence-corrected chi connectivity index (χ0v) is 13.7. The fourth-order valence-electron chi connectivity index (χ4n) is 2.72. The van der Waals surface area contributed by atoms with Crippen molar-refractivity contribution in [3.8, 4) is 0 Å². The van der Waals surface area contributed by atoms with Crippen LogP contribution in [0, 0.1) is 0 Å². The van der Waals surface area contributed by atoms with Gasteiger partial charge in [0.05, 0.1) is 4.90 Å². The van der Waals surface area contributed by atoms with E-state index in [1.165, 1.54) is 36.1 Å². The molecule has 94 valence electrons. The van der Waals surface area contributed by atoms with E-state index in [4.69, 9.17) is 0 Å². The van der Waals surface area contributed by atoms with Crippen molar-refractivity contribution < 1.29 is 42.5 Å². The van der Waals surface area contributed by atoms with E-state index >= 15 is 0 Å². The normalized spacial score (nSPS) is 14.8. The Morgan fingerprint density at radius 1 is 1.00 bits per heavy atom. The molecule has 0 aliphatic heterocycles. The quantitative estimate of drug-likeness (QED) is 0.530. The van der Waals surface area contributed by atoms with E-state index in [-0.39, 0.29) is 34.5 Å². The van der Waals surface area contributed by atoms with Gasteiger partial charge in [0.1, 0.15) is 10.1 Å². The van der Waals surface area contributed by atoms with Crippen LogP contribution >= 0.6 is 0 Å². The smallest absolute Gasteiger partial charge is 0.744 e. The third-order valence-corrected chi connectivity index (χ3v) is 4.44. The van der Waals surface area contributed by atoms with Crippen LogP contribution in [-0.4, -0.2) is 13.0 Å². The molecule has 2 aromatic rings. The third-order valence-electron chi connectivity index (χ3n) is 3.61. The Labute approximate surface area is 135 Å². The standard InChI is InChI=1S/C14H14O3S.Na/c15-18(16,17)12-7-8-14-11(9-12)6-5-10-3-1-2-4-13(10)14;/h5-9H,1-4H2,(H,15,16,17);/q;+1/p-1. The number of hydrogen-bond acceptors (Lipinski definition) is 3. The predicted octanol–water partition coefficient (Wildman–Crippen LogP) is -0.373. The molecule has 0 aromatic heterocycles. The minimum absolute atomic E-state index is 0. The van der Waals surface area contributed by atoms with E-state index in [0.29, 0.717) is 0 Å². The van der Waals surface area contributed by atoms with Gasteiger partial charge in [-0.1, -0.05) is 18.2 Å². The summed E-state index contributed by atoms with van der Waals surface area (Å²) in [6.45, 7) is 0. The van der Waals surface area contributed by atoms with Gasteiger partial charge in [-0.2, -0.15) is 0 Å². The van der Waals surface area contributed by atoms with Gasteiger partial charge in [-0.15, -0.1) is 0 Å². The number of hydrogen-bond donors (Lipinski definition) is 0. The largest absolute Gasteiger partial charge is 1.00 e. The molecule has 1 aliphatic carbocycles. The third kappa shape index (κ3) is 2.88.